The Morgan fingerprint density at radius 3 is 2.85 bits per heavy atom. The number of nitrogens with one attached hydrogen (secondary N) is 1. The lowest BCUT2D eigenvalue weighted by molar-refractivity contribution is -0.174. The van der Waals surface area contributed by atoms with Crippen LogP contribution in [0.25, 0.3) is 10.9 Å². The van der Waals surface area contributed by atoms with Crippen molar-refractivity contribution in [3.8, 4) is 0 Å². The van der Waals surface area contributed by atoms with Crippen LogP contribution in [0.3, 0.4) is 0 Å². The molecule has 2 aliphatic rings. The van der Waals surface area contributed by atoms with Crippen LogP contribution in [-0.2, 0) is 4.74 Å². The SMILES string of the molecule is O=C(c1c[nH]c2ccc(F)cc2c1=O)N1CCC2(CC1)OCCCC2O. The number of hydrogen-bond acceptors (Lipinski definition) is 4. The summed E-state index contributed by atoms with van der Waals surface area (Å²) in [5, 5.41) is 10.5. The number of amides is 1. The van der Waals surface area contributed by atoms with Gasteiger partial charge in [0.25, 0.3) is 5.91 Å². The Kier molecular flexibility index (Phi) is 4.28. The van der Waals surface area contributed by atoms with Gasteiger partial charge in [-0.05, 0) is 43.9 Å². The summed E-state index contributed by atoms with van der Waals surface area (Å²) < 4.78 is 19.3. The molecular formula is C19H21FN2O4. The Balaban J connectivity index is 1.56. The molecule has 2 N–H and O–H groups in total. The minimum Gasteiger partial charge on any atom is -0.390 e. The average Bonchev–Trinajstić information content (AvgIpc) is 2.65. The Morgan fingerprint density at radius 2 is 2.12 bits per heavy atom. The number of carbonyl (C=O) groups is 1. The van der Waals surface area contributed by atoms with Gasteiger partial charge in [-0.15, -0.1) is 0 Å². The van der Waals surface area contributed by atoms with Crippen molar-refractivity contribution in [2.45, 2.75) is 37.4 Å². The first-order valence-corrected chi connectivity index (χ1v) is 8.92. The number of ether oxygens (including phenoxy) is 1. The van der Waals surface area contributed by atoms with E-state index in [1.165, 1.54) is 18.3 Å². The normalized spacial score (nSPS) is 22.7. The highest BCUT2D eigenvalue weighted by Gasteiger charge is 2.44. The van der Waals surface area contributed by atoms with Crippen molar-refractivity contribution in [2.24, 2.45) is 0 Å². The quantitative estimate of drug-likeness (QED) is 0.813. The number of aromatic nitrogens is 1. The number of aromatic amines is 1. The molecule has 3 heterocycles. The largest absolute Gasteiger partial charge is 0.390 e. The highest BCUT2D eigenvalue weighted by Crippen LogP contribution is 2.35. The number of nitrogens with zero attached hydrogens (tertiary/aromatic N) is 1. The Hall–Kier alpha value is -2.25. The summed E-state index contributed by atoms with van der Waals surface area (Å²) >= 11 is 0. The van der Waals surface area contributed by atoms with Crippen LogP contribution in [0.2, 0.25) is 0 Å². The summed E-state index contributed by atoms with van der Waals surface area (Å²) in [4.78, 5) is 29.9. The third-order valence-electron chi connectivity index (χ3n) is 5.59. The number of pyridine rings is 1. The third-order valence-corrected chi connectivity index (χ3v) is 5.59. The predicted molar refractivity (Wildman–Crippen MR) is 93.6 cm³/mol. The van der Waals surface area contributed by atoms with Crippen LogP contribution >= 0.6 is 0 Å². The Labute approximate surface area is 149 Å². The van der Waals surface area contributed by atoms with Crippen LogP contribution in [0.15, 0.2) is 29.2 Å². The summed E-state index contributed by atoms with van der Waals surface area (Å²) in [5.74, 6) is -0.895. The highest BCUT2D eigenvalue weighted by molar-refractivity contribution is 5.97. The van der Waals surface area contributed by atoms with E-state index in [0.29, 0.717) is 44.5 Å². The van der Waals surface area contributed by atoms with Gasteiger partial charge < -0.3 is 19.7 Å². The summed E-state index contributed by atoms with van der Waals surface area (Å²) in [6, 6.07) is 3.88. The third kappa shape index (κ3) is 2.81. The van der Waals surface area contributed by atoms with Crippen LogP contribution in [0.5, 0.6) is 0 Å². The van der Waals surface area contributed by atoms with E-state index in [4.69, 9.17) is 4.74 Å². The second-order valence-electron chi connectivity index (χ2n) is 7.08. The lowest BCUT2D eigenvalue weighted by atomic mass is 9.82. The first kappa shape index (κ1) is 17.2. The summed E-state index contributed by atoms with van der Waals surface area (Å²) in [6.45, 7) is 1.45. The smallest absolute Gasteiger partial charge is 0.259 e. The van der Waals surface area contributed by atoms with Crippen LogP contribution in [-0.4, -0.2) is 52.3 Å². The molecular weight excluding hydrogens is 339 g/mol. The maximum absolute atomic E-state index is 13.5. The molecule has 1 aromatic heterocycles. The molecule has 0 saturated carbocycles. The van der Waals surface area contributed by atoms with E-state index in [2.05, 4.69) is 4.98 Å². The van der Waals surface area contributed by atoms with Gasteiger partial charge in [-0.1, -0.05) is 0 Å². The van der Waals surface area contributed by atoms with E-state index in [1.807, 2.05) is 0 Å². The van der Waals surface area contributed by atoms with Gasteiger partial charge in [-0.3, -0.25) is 9.59 Å². The first-order chi connectivity index (χ1) is 12.5. The average molecular weight is 360 g/mol. The molecule has 6 nitrogen and oxygen atoms in total. The molecule has 2 fully saturated rings. The number of benzene rings is 1. The number of fused-ring (bicyclic) bond motifs is 1. The molecule has 26 heavy (non-hydrogen) atoms. The number of piperidine rings is 1. The molecule has 0 bridgehead atoms. The molecule has 2 saturated heterocycles. The molecule has 2 aromatic rings. The van der Waals surface area contributed by atoms with E-state index in [1.54, 1.807) is 4.90 Å². The highest BCUT2D eigenvalue weighted by atomic mass is 19.1. The number of carbonyl (C=O) groups excluding carboxylic acids is 1. The van der Waals surface area contributed by atoms with Crippen LogP contribution in [0.4, 0.5) is 4.39 Å². The van der Waals surface area contributed by atoms with Gasteiger partial charge in [0.05, 0.1) is 11.7 Å². The van der Waals surface area contributed by atoms with Gasteiger partial charge >= 0.3 is 0 Å². The minimum absolute atomic E-state index is 0.00385. The van der Waals surface area contributed by atoms with Crippen molar-refractivity contribution < 1.29 is 19.0 Å². The van der Waals surface area contributed by atoms with Crippen molar-refractivity contribution >= 4 is 16.8 Å². The zero-order valence-corrected chi connectivity index (χ0v) is 14.3. The van der Waals surface area contributed by atoms with Gasteiger partial charge in [0, 0.05) is 36.8 Å². The second kappa shape index (κ2) is 6.48. The fourth-order valence-electron chi connectivity index (χ4n) is 4.00. The standard InChI is InChI=1S/C19H21FN2O4/c20-12-3-4-15-13(10-12)17(24)14(11-21-15)18(25)22-7-5-19(6-8-22)16(23)2-1-9-26-19/h3-4,10-11,16,23H,1-2,5-9H2,(H,21,24). The van der Waals surface area contributed by atoms with Gasteiger partial charge in [-0.2, -0.15) is 0 Å². The van der Waals surface area contributed by atoms with Gasteiger partial charge in [0.15, 0.2) is 0 Å². The lowest BCUT2D eigenvalue weighted by Crippen LogP contribution is -2.56. The van der Waals surface area contributed by atoms with E-state index in [0.717, 1.165) is 12.5 Å². The van der Waals surface area contributed by atoms with Crippen LogP contribution in [0, 0.1) is 5.82 Å². The number of rotatable bonds is 1. The predicted octanol–water partition coefficient (Wildman–Crippen LogP) is 1.81. The Bertz CT molecular complexity index is 902. The molecule has 4 rings (SSSR count). The van der Waals surface area contributed by atoms with Crippen molar-refractivity contribution in [2.75, 3.05) is 19.7 Å². The zero-order valence-electron chi connectivity index (χ0n) is 14.3. The number of hydrogen-bond donors (Lipinski definition) is 2. The molecule has 0 radical (unpaired) electrons. The Morgan fingerprint density at radius 1 is 1.35 bits per heavy atom. The topological polar surface area (TPSA) is 82.6 Å². The molecule has 138 valence electrons. The molecule has 1 amide bonds. The van der Waals surface area contributed by atoms with E-state index in [9.17, 15) is 19.1 Å². The monoisotopic (exact) mass is 360 g/mol. The molecule has 7 heteroatoms. The first-order valence-electron chi connectivity index (χ1n) is 8.92. The number of halogens is 1. The van der Waals surface area contributed by atoms with Crippen molar-refractivity contribution in [1.29, 1.82) is 0 Å². The molecule has 2 aliphatic heterocycles. The summed E-state index contributed by atoms with van der Waals surface area (Å²) in [5.41, 5.74) is -0.556. The number of aliphatic hydroxyl groups excluding tert-OH is 1. The molecule has 1 atom stereocenters. The maximum Gasteiger partial charge on any atom is 0.259 e. The van der Waals surface area contributed by atoms with Gasteiger partial charge in [0.1, 0.15) is 11.4 Å². The summed E-state index contributed by atoms with van der Waals surface area (Å²) in [7, 11) is 0. The molecule has 1 unspecified atom stereocenters. The fraction of sp³-hybridized carbons (Fsp3) is 0.474. The molecule has 0 aliphatic carbocycles. The van der Waals surface area contributed by atoms with E-state index >= 15 is 0 Å². The number of likely N-dealkylation sites (tertiary alicyclic amines) is 1. The van der Waals surface area contributed by atoms with Crippen molar-refractivity contribution in [3.63, 3.8) is 0 Å². The zero-order chi connectivity index (χ0) is 18.3. The van der Waals surface area contributed by atoms with E-state index in [-0.39, 0.29) is 16.9 Å². The second-order valence-corrected chi connectivity index (χ2v) is 7.08. The van der Waals surface area contributed by atoms with Crippen LogP contribution < -0.4 is 5.43 Å². The molecule has 1 spiro atoms. The number of H-pyrrole nitrogens is 1. The van der Waals surface area contributed by atoms with Gasteiger partial charge in [0.2, 0.25) is 5.43 Å². The maximum atomic E-state index is 13.5. The van der Waals surface area contributed by atoms with Crippen LogP contribution in [0.1, 0.15) is 36.0 Å². The minimum atomic E-state index is -0.575. The van der Waals surface area contributed by atoms with E-state index < -0.39 is 23.0 Å². The van der Waals surface area contributed by atoms with Gasteiger partial charge in [-0.25, -0.2) is 4.39 Å². The lowest BCUT2D eigenvalue weighted by Gasteiger charge is -2.46. The van der Waals surface area contributed by atoms with Crippen molar-refractivity contribution in [3.05, 3.63) is 46.0 Å². The molecule has 1 aromatic carbocycles. The summed E-state index contributed by atoms with van der Waals surface area (Å²) in [6.07, 6.45) is 3.51. The van der Waals surface area contributed by atoms with Crippen molar-refractivity contribution in [1.82, 2.24) is 9.88 Å². The fourth-order valence-corrected chi connectivity index (χ4v) is 4.00. The number of aliphatic hydroxyl groups is 1.